The van der Waals surface area contributed by atoms with E-state index in [0.717, 1.165) is 4.90 Å². The molecule has 14 heavy (non-hydrogen) atoms. The molecule has 70 valence electrons. The lowest BCUT2D eigenvalue weighted by molar-refractivity contribution is 1.45. The van der Waals surface area contributed by atoms with Crippen molar-refractivity contribution in [2.24, 2.45) is 0 Å². The normalized spacial score (nSPS) is 10.1. The molecule has 0 spiro atoms. The van der Waals surface area contributed by atoms with E-state index in [1.807, 2.05) is 18.2 Å². The molecule has 0 aliphatic heterocycles. The minimum atomic E-state index is 1.02. The largest absolute Gasteiger partial charge is 0.143 e. The molecule has 2 aromatic rings. The lowest BCUT2D eigenvalue weighted by atomic mass is 10.1. The number of hydrogen-bond donors (Lipinski definition) is 1. The van der Waals surface area contributed by atoms with E-state index in [1.54, 1.807) is 0 Å². The van der Waals surface area contributed by atoms with E-state index in [0.29, 0.717) is 0 Å². The first kappa shape index (κ1) is 10.1. The van der Waals surface area contributed by atoms with Gasteiger partial charge in [0.05, 0.1) is 0 Å². The Kier molecular flexibility index (Phi) is 3.13. The third kappa shape index (κ3) is 2.12. The van der Waals surface area contributed by atoms with Crippen LogP contribution in [0, 0.1) is 3.57 Å². The van der Waals surface area contributed by atoms with Gasteiger partial charge in [0.25, 0.3) is 0 Å². The highest BCUT2D eigenvalue weighted by atomic mass is 127. The molecule has 0 atom stereocenters. The highest BCUT2D eigenvalue weighted by molar-refractivity contribution is 14.1. The summed E-state index contributed by atoms with van der Waals surface area (Å²) in [6, 6.07) is 16.6. The first-order chi connectivity index (χ1) is 6.77. The van der Waals surface area contributed by atoms with Gasteiger partial charge in [0, 0.05) is 8.47 Å². The van der Waals surface area contributed by atoms with E-state index in [-0.39, 0.29) is 0 Å². The van der Waals surface area contributed by atoms with Gasteiger partial charge in [-0.1, -0.05) is 30.3 Å². The first-order valence-electron chi connectivity index (χ1n) is 4.31. The summed E-state index contributed by atoms with van der Waals surface area (Å²) in [4.78, 5) is 1.02. The third-order valence-corrected chi connectivity index (χ3v) is 3.10. The zero-order chi connectivity index (χ0) is 9.97. The molecular formula is C12H9IS. The van der Waals surface area contributed by atoms with Crippen LogP contribution in [0.15, 0.2) is 53.4 Å². The summed E-state index contributed by atoms with van der Waals surface area (Å²) in [6.45, 7) is 0. The monoisotopic (exact) mass is 312 g/mol. The minimum absolute atomic E-state index is 1.02. The van der Waals surface area contributed by atoms with Crippen LogP contribution in [0.25, 0.3) is 11.1 Å². The molecule has 2 rings (SSSR count). The van der Waals surface area contributed by atoms with Crippen LogP contribution in [0.2, 0.25) is 0 Å². The van der Waals surface area contributed by atoms with E-state index in [2.05, 4.69) is 65.6 Å². The van der Waals surface area contributed by atoms with Crippen LogP contribution in [0.1, 0.15) is 0 Å². The molecule has 0 aliphatic carbocycles. The van der Waals surface area contributed by atoms with Crippen molar-refractivity contribution in [1.82, 2.24) is 0 Å². The molecule has 0 heterocycles. The molecule has 0 fully saturated rings. The Morgan fingerprint density at radius 2 is 1.71 bits per heavy atom. The number of thiol groups is 1. The smallest absolute Gasteiger partial charge is 0.0136 e. The number of rotatable bonds is 1. The lowest BCUT2D eigenvalue weighted by Crippen LogP contribution is -1.80. The maximum atomic E-state index is 4.44. The summed E-state index contributed by atoms with van der Waals surface area (Å²) in [5.41, 5.74) is 2.41. The lowest BCUT2D eigenvalue weighted by Gasteiger charge is -2.04. The maximum Gasteiger partial charge on any atom is 0.0136 e. The molecule has 0 saturated heterocycles. The molecule has 0 aromatic heterocycles. The Morgan fingerprint density at radius 3 is 2.43 bits per heavy atom. The van der Waals surface area contributed by atoms with Crippen molar-refractivity contribution >= 4 is 35.2 Å². The molecule has 2 heteroatoms. The van der Waals surface area contributed by atoms with Crippen LogP contribution in [-0.2, 0) is 0 Å². The SMILES string of the molecule is Sc1ccccc1-c1cccc(I)c1. The van der Waals surface area contributed by atoms with Gasteiger partial charge in [0.2, 0.25) is 0 Å². The molecule has 2 aromatic carbocycles. The fourth-order valence-corrected chi connectivity index (χ4v) is 2.21. The van der Waals surface area contributed by atoms with Crippen LogP contribution in [0.5, 0.6) is 0 Å². The Balaban J connectivity index is 2.55. The van der Waals surface area contributed by atoms with Crippen molar-refractivity contribution < 1.29 is 0 Å². The molecule has 0 aliphatic rings. The number of halogens is 1. The van der Waals surface area contributed by atoms with Gasteiger partial charge in [-0.25, -0.2) is 0 Å². The van der Waals surface area contributed by atoms with E-state index < -0.39 is 0 Å². The average Bonchev–Trinajstić information content (AvgIpc) is 2.18. The standard InChI is InChI=1S/C12H9IS/c13-10-5-3-4-9(8-10)11-6-1-2-7-12(11)14/h1-8,14H. The van der Waals surface area contributed by atoms with Gasteiger partial charge in [-0.3, -0.25) is 0 Å². The van der Waals surface area contributed by atoms with Crippen molar-refractivity contribution in [3.05, 3.63) is 52.1 Å². The fourth-order valence-electron chi connectivity index (χ4n) is 1.37. The van der Waals surface area contributed by atoms with Crippen LogP contribution >= 0.6 is 35.2 Å². The van der Waals surface area contributed by atoms with Gasteiger partial charge in [0.1, 0.15) is 0 Å². The van der Waals surface area contributed by atoms with E-state index >= 15 is 0 Å². The third-order valence-electron chi connectivity index (χ3n) is 2.04. The van der Waals surface area contributed by atoms with Crippen molar-refractivity contribution in [2.45, 2.75) is 4.90 Å². The molecule has 0 amide bonds. The highest BCUT2D eigenvalue weighted by Gasteiger charge is 2.00. The van der Waals surface area contributed by atoms with Gasteiger partial charge in [-0.2, -0.15) is 0 Å². The number of hydrogen-bond acceptors (Lipinski definition) is 1. The van der Waals surface area contributed by atoms with E-state index in [4.69, 9.17) is 0 Å². The average molecular weight is 312 g/mol. The quantitative estimate of drug-likeness (QED) is 0.591. The van der Waals surface area contributed by atoms with Crippen LogP contribution in [0.3, 0.4) is 0 Å². The zero-order valence-electron chi connectivity index (χ0n) is 7.44. The molecular weight excluding hydrogens is 303 g/mol. The van der Waals surface area contributed by atoms with Crippen molar-refractivity contribution in [3.8, 4) is 11.1 Å². The van der Waals surface area contributed by atoms with Gasteiger partial charge in [0.15, 0.2) is 0 Å². The summed E-state index contributed by atoms with van der Waals surface area (Å²) in [5, 5.41) is 0. The molecule has 0 saturated carbocycles. The Labute approximate surface area is 103 Å². The Morgan fingerprint density at radius 1 is 0.929 bits per heavy atom. The summed E-state index contributed by atoms with van der Waals surface area (Å²) in [7, 11) is 0. The van der Waals surface area contributed by atoms with Crippen molar-refractivity contribution in [3.63, 3.8) is 0 Å². The summed E-state index contributed by atoms with van der Waals surface area (Å²) < 4.78 is 1.25. The maximum absolute atomic E-state index is 4.44. The van der Waals surface area contributed by atoms with Crippen molar-refractivity contribution in [1.29, 1.82) is 0 Å². The molecule has 0 bridgehead atoms. The van der Waals surface area contributed by atoms with Gasteiger partial charge < -0.3 is 0 Å². The molecule has 0 nitrogen and oxygen atoms in total. The minimum Gasteiger partial charge on any atom is -0.143 e. The van der Waals surface area contributed by atoms with Crippen LogP contribution in [0.4, 0.5) is 0 Å². The summed E-state index contributed by atoms with van der Waals surface area (Å²) >= 11 is 6.76. The molecule has 0 radical (unpaired) electrons. The first-order valence-corrected chi connectivity index (χ1v) is 5.84. The topological polar surface area (TPSA) is 0 Å². The van der Waals surface area contributed by atoms with Crippen LogP contribution in [-0.4, -0.2) is 0 Å². The van der Waals surface area contributed by atoms with Gasteiger partial charge >= 0.3 is 0 Å². The highest BCUT2D eigenvalue weighted by Crippen LogP contribution is 2.26. The Bertz CT molecular complexity index is 452. The molecule has 0 unspecified atom stereocenters. The predicted octanol–water partition coefficient (Wildman–Crippen LogP) is 4.25. The van der Waals surface area contributed by atoms with E-state index in [9.17, 15) is 0 Å². The van der Waals surface area contributed by atoms with E-state index in [1.165, 1.54) is 14.7 Å². The zero-order valence-corrected chi connectivity index (χ0v) is 10.5. The Hall–Kier alpha value is -0.480. The second-order valence-electron chi connectivity index (χ2n) is 3.03. The summed E-state index contributed by atoms with van der Waals surface area (Å²) in [5.74, 6) is 0. The summed E-state index contributed by atoms with van der Waals surface area (Å²) in [6.07, 6.45) is 0. The van der Waals surface area contributed by atoms with Crippen LogP contribution < -0.4 is 0 Å². The second-order valence-corrected chi connectivity index (χ2v) is 4.75. The second kappa shape index (κ2) is 4.36. The number of benzene rings is 2. The van der Waals surface area contributed by atoms with Gasteiger partial charge in [-0.15, -0.1) is 12.6 Å². The molecule has 0 N–H and O–H groups in total. The fraction of sp³-hybridized carbons (Fsp3) is 0. The van der Waals surface area contributed by atoms with Crippen molar-refractivity contribution in [2.75, 3.05) is 0 Å². The van der Waals surface area contributed by atoms with Gasteiger partial charge in [-0.05, 0) is 51.9 Å². The predicted molar refractivity (Wildman–Crippen MR) is 71.8 cm³/mol.